The summed E-state index contributed by atoms with van der Waals surface area (Å²) in [5.41, 5.74) is 6.17. The molecule has 1 amide bonds. The number of hydrogen-bond donors (Lipinski definition) is 2. The van der Waals surface area contributed by atoms with Crippen molar-refractivity contribution in [3.8, 4) is 11.8 Å². The van der Waals surface area contributed by atoms with Gasteiger partial charge in [0.05, 0.1) is 12.1 Å². The van der Waals surface area contributed by atoms with Crippen molar-refractivity contribution in [1.82, 2.24) is 4.98 Å². The van der Waals surface area contributed by atoms with Crippen molar-refractivity contribution in [2.75, 3.05) is 11.9 Å². The Hall–Kier alpha value is -2.71. The number of aromatic nitrogens is 1. The molecule has 0 aliphatic heterocycles. The van der Waals surface area contributed by atoms with E-state index in [1.54, 1.807) is 18.2 Å². The monoisotopic (exact) mass is 269 g/mol. The van der Waals surface area contributed by atoms with Crippen molar-refractivity contribution >= 4 is 11.6 Å². The van der Waals surface area contributed by atoms with E-state index in [1.807, 2.05) is 0 Å². The van der Waals surface area contributed by atoms with E-state index < -0.39 is 5.82 Å². The molecule has 3 N–H and O–H groups in total. The summed E-state index contributed by atoms with van der Waals surface area (Å²) in [6.45, 7) is 0.143. The highest BCUT2D eigenvalue weighted by Gasteiger charge is 2.08. The first-order valence-corrected chi connectivity index (χ1v) is 5.91. The molecule has 100 valence electrons. The molecule has 20 heavy (non-hydrogen) atoms. The molecule has 1 aromatic carbocycles. The minimum atomic E-state index is -0.457. The largest absolute Gasteiger partial charge is 0.321 e. The number of halogens is 1. The first-order chi connectivity index (χ1) is 9.70. The molecule has 1 aromatic heterocycles. The molecule has 0 saturated heterocycles. The lowest BCUT2D eigenvalue weighted by atomic mass is 10.2. The highest BCUT2D eigenvalue weighted by atomic mass is 19.1. The van der Waals surface area contributed by atoms with Gasteiger partial charge in [0.15, 0.2) is 0 Å². The van der Waals surface area contributed by atoms with Crippen molar-refractivity contribution in [3.05, 3.63) is 59.7 Å². The summed E-state index contributed by atoms with van der Waals surface area (Å²) in [4.78, 5) is 15.8. The molecule has 4 nitrogen and oxygen atoms in total. The van der Waals surface area contributed by atoms with Crippen LogP contribution in [0.3, 0.4) is 0 Å². The molecule has 0 aliphatic carbocycles. The van der Waals surface area contributed by atoms with E-state index in [0.717, 1.165) is 0 Å². The molecule has 0 aliphatic rings. The maximum atomic E-state index is 13.5. The Morgan fingerprint density at radius 1 is 1.35 bits per heavy atom. The molecule has 0 radical (unpaired) electrons. The molecule has 1 heterocycles. The van der Waals surface area contributed by atoms with Gasteiger partial charge in [-0.15, -0.1) is 0 Å². The molecule has 0 unspecified atom stereocenters. The average molecular weight is 269 g/mol. The number of benzene rings is 1. The maximum absolute atomic E-state index is 13.5. The van der Waals surface area contributed by atoms with Crippen LogP contribution in [0.4, 0.5) is 10.1 Å². The lowest BCUT2D eigenvalue weighted by Gasteiger charge is -2.05. The SMILES string of the molecule is NCC#Cc1cc(NC(=O)c2ccccn2)ccc1F. The van der Waals surface area contributed by atoms with Gasteiger partial charge in [-0.25, -0.2) is 4.39 Å². The Bertz CT molecular complexity index is 675. The fourth-order valence-electron chi connectivity index (χ4n) is 1.54. The van der Waals surface area contributed by atoms with E-state index >= 15 is 0 Å². The zero-order chi connectivity index (χ0) is 14.4. The highest BCUT2D eigenvalue weighted by molar-refractivity contribution is 6.02. The van der Waals surface area contributed by atoms with Crippen LogP contribution in [0, 0.1) is 17.7 Å². The quantitative estimate of drug-likeness (QED) is 0.817. The summed E-state index contributed by atoms with van der Waals surface area (Å²) in [5, 5.41) is 2.64. The third-order valence-electron chi connectivity index (χ3n) is 2.45. The van der Waals surface area contributed by atoms with E-state index in [1.165, 1.54) is 24.4 Å². The summed E-state index contributed by atoms with van der Waals surface area (Å²) in [5.74, 6) is 4.36. The number of nitrogens with two attached hydrogens (primary N) is 1. The highest BCUT2D eigenvalue weighted by Crippen LogP contribution is 2.14. The fraction of sp³-hybridized carbons (Fsp3) is 0.0667. The van der Waals surface area contributed by atoms with Gasteiger partial charge in [0.2, 0.25) is 0 Å². The zero-order valence-corrected chi connectivity index (χ0v) is 10.6. The molecule has 5 heteroatoms. The number of nitrogens with zero attached hydrogens (tertiary/aromatic N) is 1. The molecule has 2 aromatic rings. The van der Waals surface area contributed by atoms with Crippen LogP contribution in [0.1, 0.15) is 16.1 Å². The molecule has 2 rings (SSSR count). The summed E-state index contributed by atoms with van der Waals surface area (Å²) in [6, 6.07) is 9.19. The normalized spacial score (nSPS) is 9.50. The van der Waals surface area contributed by atoms with Crippen LogP contribution in [0.2, 0.25) is 0 Å². The van der Waals surface area contributed by atoms with Crippen molar-refractivity contribution in [2.45, 2.75) is 0 Å². The van der Waals surface area contributed by atoms with Crippen molar-refractivity contribution in [1.29, 1.82) is 0 Å². The van der Waals surface area contributed by atoms with Gasteiger partial charge < -0.3 is 11.1 Å². The lowest BCUT2D eigenvalue weighted by molar-refractivity contribution is 0.102. The summed E-state index contributed by atoms with van der Waals surface area (Å²) in [6.07, 6.45) is 1.53. The Morgan fingerprint density at radius 3 is 2.90 bits per heavy atom. The van der Waals surface area contributed by atoms with Crippen molar-refractivity contribution < 1.29 is 9.18 Å². The van der Waals surface area contributed by atoms with E-state index in [2.05, 4.69) is 22.1 Å². The van der Waals surface area contributed by atoms with Gasteiger partial charge in [-0.2, -0.15) is 0 Å². The van der Waals surface area contributed by atoms with Gasteiger partial charge in [-0.05, 0) is 30.3 Å². The molecule has 0 fully saturated rings. The van der Waals surface area contributed by atoms with E-state index in [-0.39, 0.29) is 23.7 Å². The van der Waals surface area contributed by atoms with Gasteiger partial charge in [-0.1, -0.05) is 17.9 Å². The van der Waals surface area contributed by atoms with E-state index in [9.17, 15) is 9.18 Å². The number of amides is 1. The Kier molecular flexibility index (Phi) is 4.43. The van der Waals surface area contributed by atoms with Gasteiger partial charge in [-0.3, -0.25) is 9.78 Å². The Labute approximate surface area is 115 Å². The van der Waals surface area contributed by atoms with Crippen LogP contribution < -0.4 is 11.1 Å². The molecule has 0 saturated carbocycles. The summed E-state index contributed by atoms with van der Waals surface area (Å²) >= 11 is 0. The lowest BCUT2D eigenvalue weighted by Crippen LogP contribution is -2.13. The predicted octanol–water partition coefficient (Wildman–Crippen LogP) is 1.78. The maximum Gasteiger partial charge on any atom is 0.274 e. The minimum Gasteiger partial charge on any atom is -0.321 e. The average Bonchev–Trinajstić information content (AvgIpc) is 2.48. The van der Waals surface area contributed by atoms with Crippen LogP contribution >= 0.6 is 0 Å². The number of carbonyl (C=O) groups excluding carboxylic acids is 1. The zero-order valence-electron chi connectivity index (χ0n) is 10.6. The van der Waals surface area contributed by atoms with Crippen molar-refractivity contribution in [3.63, 3.8) is 0 Å². The number of carbonyl (C=O) groups is 1. The predicted molar refractivity (Wildman–Crippen MR) is 74.5 cm³/mol. The van der Waals surface area contributed by atoms with Crippen LogP contribution in [0.25, 0.3) is 0 Å². The van der Waals surface area contributed by atoms with Gasteiger partial charge in [0, 0.05) is 11.9 Å². The Balaban J connectivity index is 2.20. The molecule has 0 bridgehead atoms. The van der Waals surface area contributed by atoms with Crippen LogP contribution in [-0.4, -0.2) is 17.4 Å². The summed E-state index contributed by atoms with van der Waals surface area (Å²) < 4.78 is 13.5. The molecule has 0 atom stereocenters. The van der Waals surface area contributed by atoms with E-state index in [0.29, 0.717) is 5.69 Å². The molecular weight excluding hydrogens is 257 g/mol. The second-order valence-corrected chi connectivity index (χ2v) is 3.87. The fourth-order valence-corrected chi connectivity index (χ4v) is 1.54. The van der Waals surface area contributed by atoms with Crippen molar-refractivity contribution in [2.24, 2.45) is 5.73 Å². The first kappa shape index (κ1) is 13.7. The topological polar surface area (TPSA) is 68.0 Å². The second kappa shape index (κ2) is 6.45. The van der Waals surface area contributed by atoms with Gasteiger partial charge in [0.1, 0.15) is 11.5 Å². The van der Waals surface area contributed by atoms with Gasteiger partial charge in [0.25, 0.3) is 5.91 Å². The van der Waals surface area contributed by atoms with Crippen LogP contribution in [0.5, 0.6) is 0 Å². The third kappa shape index (κ3) is 3.40. The van der Waals surface area contributed by atoms with Crippen LogP contribution in [-0.2, 0) is 0 Å². The number of pyridine rings is 1. The molecule has 0 spiro atoms. The van der Waals surface area contributed by atoms with Gasteiger partial charge >= 0.3 is 0 Å². The van der Waals surface area contributed by atoms with E-state index in [4.69, 9.17) is 5.73 Å². The Morgan fingerprint density at radius 2 is 2.20 bits per heavy atom. The number of nitrogens with one attached hydrogen (secondary N) is 1. The number of anilines is 1. The number of rotatable bonds is 2. The minimum absolute atomic E-state index is 0.143. The smallest absolute Gasteiger partial charge is 0.274 e. The summed E-state index contributed by atoms with van der Waals surface area (Å²) in [7, 11) is 0. The van der Waals surface area contributed by atoms with Crippen LogP contribution in [0.15, 0.2) is 42.6 Å². The third-order valence-corrected chi connectivity index (χ3v) is 2.45. The number of hydrogen-bond acceptors (Lipinski definition) is 3. The molecular formula is C15H12FN3O. The standard InChI is InChI=1S/C15H12FN3O/c16-13-7-6-12(10-11(13)4-3-8-17)19-15(20)14-5-1-2-9-18-14/h1-2,5-7,9-10H,8,17H2,(H,19,20). The second-order valence-electron chi connectivity index (χ2n) is 3.87. The first-order valence-electron chi connectivity index (χ1n) is 5.91.